The van der Waals surface area contributed by atoms with E-state index in [9.17, 15) is 4.39 Å². The Hall–Kier alpha value is -3.05. The molecule has 4 rings (SSSR count). The lowest BCUT2D eigenvalue weighted by molar-refractivity contribution is 0.627. The third-order valence-corrected chi connectivity index (χ3v) is 5.08. The van der Waals surface area contributed by atoms with E-state index >= 15 is 0 Å². The number of fused-ring (bicyclic) bond motifs is 1. The third-order valence-electron chi connectivity index (χ3n) is 4.85. The Morgan fingerprint density at radius 2 is 1.83 bits per heavy atom. The van der Waals surface area contributed by atoms with E-state index in [0.717, 1.165) is 58.8 Å². The summed E-state index contributed by atoms with van der Waals surface area (Å²) < 4.78 is 13.1. The van der Waals surface area contributed by atoms with Crippen molar-refractivity contribution in [1.29, 1.82) is 0 Å². The topological polar surface area (TPSA) is 50.7 Å². The molecule has 0 unspecified atom stereocenters. The highest BCUT2D eigenvalue weighted by molar-refractivity contribution is 6.31. The highest BCUT2D eigenvalue weighted by Crippen LogP contribution is 2.24. The van der Waals surface area contributed by atoms with Crippen LogP contribution in [0.4, 0.5) is 10.1 Å². The number of nitrogens with one attached hydrogen (secondary N) is 1. The molecule has 2 heterocycles. The molecular formula is C24H22ClFN4. The van der Waals surface area contributed by atoms with Gasteiger partial charge in [0.15, 0.2) is 0 Å². The monoisotopic (exact) mass is 420 g/mol. The first kappa shape index (κ1) is 20.2. The minimum Gasteiger partial charge on any atom is -0.384 e. The molecule has 0 amide bonds. The first-order chi connectivity index (χ1) is 14.6. The summed E-state index contributed by atoms with van der Waals surface area (Å²) in [5.74, 6) is 0.608. The Labute approximate surface area is 180 Å². The molecule has 152 valence electrons. The molecular weight excluding hydrogens is 399 g/mol. The molecule has 4 nitrogen and oxygen atoms in total. The maximum atomic E-state index is 13.1. The van der Waals surface area contributed by atoms with Crippen LogP contribution in [0.15, 0.2) is 60.8 Å². The Morgan fingerprint density at radius 3 is 2.67 bits per heavy atom. The van der Waals surface area contributed by atoms with Gasteiger partial charge in [0.2, 0.25) is 0 Å². The summed E-state index contributed by atoms with van der Waals surface area (Å²) in [5, 5.41) is 5.21. The predicted octanol–water partition coefficient (Wildman–Crippen LogP) is 5.76. The minimum atomic E-state index is -0.226. The Bertz CT molecular complexity index is 1160. The van der Waals surface area contributed by atoms with Crippen molar-refractivity contribution in [2.24, 2.45) is 0 Å². The van der Waals surface area contributed by atoms with Crippen LogP contribution in [-0.4, -0.2) is 21.5 Å². The zero-order chi connectivity index (χ0) is 20.9. The summed E-state index contributed by atoms with van der Waals surface area (Å²) in [7, 11) is 0. The second kappa shape index (κ2) is 9.18. The maximum Gasteiger partial charge on any atom is 0.128 e. The number of pyridine rings is 1. The number of hydrogen-bond donors (Lipinski definition) is 1. The summed E-state index contributed by atoms with van der Waals surface area (Å²) in [6.45, 7) is 2.78. The molecule has 0 aliphatic carbocycles. The van der Waals surface area contributed by atoms with Crippen molar-refractivity contribution >= 4 is 28.2 Å². The summed E-state index contributed by atoms with van der Waals surface area (Å²) in [5.41, 5.74) is 4.85. The molecule has 0 spiro atoms. The third kappa shape index (κ3) is 5.10. The smallest absolute Gasteiger partial charge is 0.128 e. The Balaban J connectivity index is 1.37. The maximum absolute atomic E-state index is 13.1. The van der Waals surface area contributed by atoms with Gasteiger partial charge in [0.1, 0.15) is 11.6 Å². The molecule has 4 aromatic rings. The standard InChI is InChI=1S/C24H22ClFN4/c1-16-13-20(14-17-4-7-19(26)8-5-17)30-24(29-16)3-2-11-27-22-10-12-28-23-15-18(25)6-9-21(22)23/h4-10,12-13,15H,2-3,11,14H2,1H3,(H,27,28). The van der Waals surface area contributed by atoms with Crippen molar-refractivity contribution in [2.45, 2.75) is 26.2 Å². The van der Waals surface area contributed by atoms with E-state index in [1.807, 2.05) is 37.3 Å². The van der Waals surface area contributed by atoms with Gasteiger partial charge in [-0.3, -0.25) is 4.98 Å². The van der Waals surface area contributed by atoms with Crippen molar-refractivity contribution in [1.82, 2.24) is 15.0 Å². The van der Waals surface area contributed by atoms with Crippen LogP contribution in [0.3, 0.4) is 0 Å². The van der Waals surface area contributed by atoms with Crippen molar-refractivity contribution < 1.29 is 4.39 Å². The van der Waals surface area contributed by atoms with Gasteiger partial charge in [-0.1, -0.05) is 23.7 Å². The van der Waals surface area contributed by atoms with Crippen LogP contribution in [0.5, 0.6) is 0 Å². The van der Waals surface area contributed by atoms with Gasteiger partial charge in [-0.2, -0.15) is 0 Å². The van der Waals surface area contributed by atoms with E-state index in [1.54, 1.807) is 18.3 Å². The molecule has 0 radical (unpaired) electrons. The zero-order valence-electron chi connectivity index (χ0n) is 16.7. The van der Waals surface area contributed by atoms with Crippen LogP contribution in [-0.2, 0) is 12.8 Å². The number of aromatic nitrogens is 3. The first-order valence-electron chi connectivity index (χ1n) is 9.93. The van der Waals surface area contributed by atoms with Gasteiger partial charge in [0.25, 0.3) is 0 Å². The molecule has 1 N–H and O–H groups in total. The van der Waals surface area contributed by atoms with E-state index in [1.165, 1.54) is 12.1 Å². The van der Waals surface area contributed by atoms with Crippen molar-refractivity contribution in [3.05, 3.63) is 94.4 Å². The summed E-state index contributed by atoms with van der Waals surface area (Å²) >= 11 is 6.06. The molecule has 2 aromatic heterocycles. The molecule has 0 saturated carbocycles. The van der Waals surface area contributed by atoms with Crippen molar-refractivity contribution in [3.8, 4) is 0 Å². The molecule has 0 saturated heterocycles. The van der Waals surface area contributed by atoms with Gasteiger partial charge in [-0.25, -0.2) is 14.4 Å². The molecule has 6 heteroatoms. The number of hydrogen-bond acceptors (Lipinski definition) is 4. The van der Waals surface area contributed by atoms with Crippen LogP contribution < -0.4 is 5.32 Å². The van der Waals surface area contributed by atoms with Crippen LogP contribution in [0, 0.1) is 12.7 Å². The SMILES string of the molecule is Cc1cc(Cc2ccc(F)cc2)nc(CCCNc2ccnc3cc(Cl)ccc23)n1. The highest BCUT2D eigenvalue weighted by Gasteiger charge is 2.06. The van der Waals surface area contributed by atoms with E-state index in [4.69, 9.17) is 16.6 Å². The number of aryl methyl sites for hydroxylation is 2. The molecule has 0 aliphatic rings. The van der Waals surface area contributed by atoms with Gasteiger partial charge in [0.05, 0.1) is 5.52 Å². The summed E-state index contributed by atoms with van der Waals surface area (Å²) in [6.07, 6.45) is 4.13. The van der Waals surface area contributed by atoms with Gasteiger partial charge < -0.3 is 5.32 Å². The Kier molecular flexibility index (Phi) is 6.19. The first-order valence-corrected chi connectivity index (χ1v) is 10.3. The lowest BCUT2D eigenvalue weighted by Crippen LogP contribution is -2.07. The molecule has 30 heavy (non-hydrogen) atoms. The van der Waals surface area contributed by atoms with E-state index in [0.29, 0.717) is 11.4 Å². The highest BCUT2D eigenvalue weighted by atomic mass is 35.5. The average molecular weight is 421 g/mol. The number of nitrogens with zero attached hydrogens (tertiary/aromatic N) is 3. The lowest BCUT2D eigenvalue weighted by atomic mass is 10.1. The predicted molar refractivity (Wildman–Crippen MR) is 120 cm³/mol. The number of rotatable bonds is 7. The van der Waals surface area contributed by atoms with E-state index in [-0.39, 0.29) is 5.82 Å². The van der Waals surface area contributed by atoms with Crippen LogP contribution in [0.25, 0.3) is 10.9 Å². The molecule has 0 fully saturated rings. The largest absolute Gasteiger partial charge is 0.384 e. The fraction of sp³-hybridized carbons (Fsp3) is 0.208. The molecule has 0 bridgehead atoms. The lowest BCUT2D eigenvalue weighted by Gasteiger charge is -2.10. The van der Waals surface area contributed by atoms with E-state index in [2.05, 4.69) is 15.3 Å². The average Bonchev–Trinajstić information content (AvgIpc) is 2.72. The number of anilines is 1. The van der Waals surface area contributed by atoms with Crippen LogP contribution in [0.1, 0.15) is 29.2 Å². The molecule has 2 aromatic carbocycles. The zero-order valence-corrected chi connectivity index (χ0v) is 17.5. The fourth-order valence-electron chi connectivity index (χ4n) is 3.46. The summed E-state index contributed by atoms with van der Waals surface area (Å²) in [4.78, 5) is 13.6. The fourth-order valence-corrected chi connectivity index (χ4v) is 3.63. The molecule has 0 aliphatic heterocycles. The second-order valence-corrected chi connectivity index (χ2v) is 7.71. The number of benzene rings is 2. The normalized spacial score (nSPS) is 11.0. The van der Waals surface area contributed by atoms with Gasteiger partial charge in [0, 0.05) is 53.1 Å². The van der Waals surface area contributed by atoms with Crippen molar-refractivity contribution in [3.63, 3.8) is 0 Å². The van der Waals surface area contributed by atoms with Crippen LogP contribution in [0.2, 0.25) is 5.02 Å². The van der Waals surface area contributed by atoms with Gasteiger partial charge in [-0.05, 0) is 61.4 Å². The van der Waals surface area contributed by atoms with E-state index < -0.39 is 0 Å². The second-order valence-electron chi connectivity index (χ2n) is 7.27. The van der Waals surface area contributed by atoms with Gasteiger partial charge in [-0.15, -0.1) is 0 Å². The minimum absolute atomic E-state index is 0.226. The quantitative estimate of drug-likeness (QED) is 0.386. The van der Waals surface area contributed by atoms with Crippen molar-refractivity contribution in [2.75, 3.05) is 11.9 Å². The van der Waals surface area contributed by atoms with Gasteiger partial charge >= 0.3 is 0 Å². The van der Waals surface area contributed by atoms with Crippen LogP contribution >= 0.6 is 11.6 Å². The molecule has 0 atom stereocenters. The Morgan fingerprint density at radius 1 is 1.00 bits per heavy atom. The summed E-state index contributed by atoms with van der Waals surface area (Å²) in [6, 6.07) is 16.2. The number of halogens is 2.